The van der Waals surface area contributed by atoms with E-state index < -0.39 is 29.8 Å². The van der Waals surface area contributed by atoms with E-state index in [0.29, 0.717) is 6.07 Å². The van der Waals surface area contributed by atoms with E-state index in [-0.39, 0.29) is 17.1 Å². The van der Waals surface area contributed by atoms with Gasteiger partial charge in [-0.2, -0.15) is 0 Å². The topological polar surface area (TPSA) is 35.5 Å². The predicted octanol–water partition coefficient (Wildman–Crippen LogP) is 3.37. The highest BCUT2D eigenvalue weighted by Crippen LogP contribution is 2.20. The lowest BCUT2D eigenvalue weighted by atomic mass is 10.1. The van der Waals surface area contributed by atoms with E-state index in [1.54, 1.807) is 0 Å². The Hall–Kier alpha value is -2.50. The molecule has 0 heterocycles. The van der Waals surface area contributed by atoms with E-state index in [1.165, 1.54) is 19.2 Å². The number of rotatable bonds is 5. The second-order valence-electron chi connectivity index (χ2n) is 4.14. The molecular formula is C15H11F3O3. The third-order valence-electron chi connectivity index (χ3n) is 2.73. The summed E-state index contributed by atoms with van der Waals surface area (Å²) in [4.78, 5) is 11.8. The molecular weight excluding hydrogens is 285 g/mol. The number of methoxy groups -OCH3 is 1. The molecule has 0 aliphatic rings. The first kappa shape index (κ1) is 14.9. The Balaban J connectivity index is 2.06. The number of Topliss-reactive ketones (excluding diaryl/α,β-unsaturated/α-hetero) is 1. The van der Waals surface area contributed by atoms with Gasteiger partial charge in [0.2, 0.25) is 0 Å². The molecule has 0 bridgehead atoms. The first-order valence-corrected chi connectivity index (χ1v) is 5.96. The van der Waals surface area contributed by atoms with E-state index in [1.807, 2.05) is 0 Å². The van der Waals surface area contributed by atoms with E-state index >= 15 is 0 Å². The van der Waals surface area contributed by atoms with Crippen LogP contribution in [0, 0.1) is 17.5 Å². The van der Waals surface area contributed by atoms with Gasteiger partial charge in [0, 0.05) is 11.6 Å². The molecule has 0 unspecified atom stereocenters. The summed E-state index contributed by atoms with van der Waals surface area (Å²) in [5, 5.41) is 0. The number of ether oxygens (including phenoxy) is 2. The standard InChI is InChI=1S/C15H11F3O3/c1-20-14-4-2-9(6-11(14)17)13(19)8-21-15-5-3-10(16)7-12(15)18/h2-7H,8H2,1H3. The molecule has 0 fully saturated rings. The molecule has 0 N–H and O–H groups in total. The first-order valence-electron chi connectivity index (χ1n) is 5.96. The van der Waals surface area contributed by atoms with Crippen molar-refractivity contribution in [1.82, 2.24) is 0 Å². The number of carbonyl (C=O) groups is 1. The van der Waals surface area contributed by atoms with Gasteiger partial charge in [0.1, 0.15) is 5.82 Å². The molecule has 0 atom stereocenters. The summed E-state index contributed by atoms with van der Waals surface area (Å²) in [6.07, 6.45) is 0. The van der Waals surface area contributed by atoms with E-state index in [2.05, 4.69) is 0 Å². The van der Waals surface area contributed by atoms with Crippen molar-refractivity contribution in [2.45, 2.75) is 0 Å². The van der Waals surface area contributed by atoms with Gasteiger partial charge in [-0.05, 0) is 30.3 Å². The molecule has 0 radical (unpaired) electrons. The maximum absolute atomic E-state index is 13.5. The molecule has 3 nitrogen and oxygen atoms in total. The molecule has 21 heavy (non-hydrogen) atoms. The van der Waals surface area contributed by atoms with Crippen LogP contribution in [0.4, 0.5) is 13.2 Å². The van der Waals surface area contributed by atoms with E-state index in [9.17, 15) is 18.0 Å². The zero-order valence-electron chi connectivity index (χ0n) is 11.0. The van der Waals surface area contributed by atoms with Crippen molar-refractivity contribution in [3.05, 3.63) is 59.4 Å². The number of hydrogen-bond donors (Lipinski definition) is 0. The van der Waals surface area contributed by atoms with Crippen molar-refractivity contribution in [1.29, 1.82) is 0 Å². The van der Waals surface area contributed by atoms with Gasteiger partial charge in [0.15, 0.2) is 35.5 Å². The van der Waals surface area contributed by atoms with Gasteiger partial charge in [-0.15, -0.1) is 0 Å². The number of benzene rings is 2. The lowest BCUT2D eigenvalue weighted by Crippen LogP contribution is -2.12. The highest BCUT2D eigenvalue weighted by Gasteiger charge is 2.12. The van der Waals surface area contributed by atoms with Crippen molar-refractivity contribution >= 4 is 5.78 Å². The third kappa shape index (κ3) is 3.53. The summed E-state index contributed by atoms with van der Waals surface area (Å²) >= 11 is 0. The van der Waals surface area contributed by atoms with Gasteiger partial charge in [-0.25, -0.2) is 13.2 Å². The fraction of sp³-hybridized carbons (Fsp3) is 0.133. The Bertz CT molecular complexity index is 671. The monoisotopic (exact) mass is 296 g/mol. The maximum atomic E-state index is 13.5. The quantitative estimate of drug-likeness (QED) is 0.794. The molecule has 0 saturated heterocycles. The Morgan fingerprint density at radius 3 is 2.29 bits per heavy atom. The smallest absolute Gasteiger partial charge is 0.200 e. The summed E-state index contributed by atoms with van der Waals surface area (Å²) in [5.74, 6) is -3.13. The van der Waals surface area contributed by atoms with Crippen molar-refractivity contribution in [2.75, 3.05) is 13.7 Å². The second-order valence-corrected chi connectivity index (χ2v) is 4.14. The SMILES string of the molecule is COc1ccc(C(=O)COc2ccc(F)cc2F)cc1F. The van der Waals surface area contributed by atoms with Gasteiger partial charge < -0.3 is 9.47 Å². The Kier molecular flexibility index (Phi) is 4.47. The molecule has 2 aromatic rings. The van der Waals surface area contributed by atoms with Crippen LogP contribution >= 0.6 is 0 Å². The summed E-state index contributed by atoms with van der Waals surface area (Å²) < 4.78 is 49.2. The maximum Gasteiger partial charge on any atom is 0.200 e. The normalized spacial score (nSPS) is 10.3. The minimum absolute atomic E-state index is 0.0112. The van der Waals surface area contributed by atoms with Crippen molar-refractivity contribution < 1.29 is 27.4 Å². The third-order valence-corrected chi connectivity index (χ3v) is 2.73. The number of carbonyl (C=O) groups excluding carboxylic acids is 1. The Morgan fingerprint density at radius 2 is 1.67 bits per heavy atom. The molecule has 0 spiro atoms. The van der Waals surface area contributed by atoms with Crippen LogP contribution in [-0.2, 0) is 0 Å². The number of halogens is 3. The van der Waals surface area contributed by atoms with Crippen molar-refractivity contribution in [2.24, 2.45) is 0 Å². The van der Waals surface area contributed by atoms with Crippen LogP contribution in [0.2, 0.25) is 0 Å². The summed E-state index contributed by atoms with van der Waals surface area (Å²) in [6, 6.07) is 6.41. The van der Waals surface area contributed by atoms with Crippen molar-refractivity contribution in [3.8, 4) is 11.5 Å². The van der Waals surface area contributed by atoms with Gasteiger partial charge in [0.05, 0.1) is 7.11 Å². The Morgan fingerprint density at radius 1 is 1.00 bits per heavy atom. The fourth-order valence-electron chi connectivity index (χ4n) is 1.66. The largest absolute Gasteiger partial charge is 0.494 e. The molecule has 0 aliphatic carbocycles. The molecule has 2 aromatic carbocycles. The first-order chi connectivity index (χ1) is 10.0. The van der Waals surface area contributed by atoms with Crippen LogP contribution in [0.3, 0.4) is 0 Å². The van der Waals surface area contributed by atoms with E-state index in [0.717, 1.165) is 18.2 Å². The van der Waals surface area contributed by atoms with Crippen LogP contribution in [0.25, 0.3) is 0 Å². The van der Waals surface area contributed by atoms with Crippen LogP contribution in [0.15, 0.2) is 36.4 Å². The average Bonchev–Trinajstić information content (AvgIpc) is 2.46. The molecule has 0 saturated carbocycles. The number of ketones is 1. The van der Waals surface area contributed by atoms with Gasteiger partial charge >= 0.3 is 0 Å². The lowest BCUT2D eigenvalue weighted by Gasteiger charge is -2.07. The highest BCUT2D eigenvalue weighted by atomic mass is 19.1. The molecule has 0 aliphatic heterocycles. The van der Waals surface area contributed by atoms with Crippen molar-refractivity contribution in [3.63, 3.8) is 0 Å². The minimum Gasteiger partial charge on any atom is -0.494 e. The summed E-state index contributed by atoms with van der Waals surface area (Å²) in [5.41, 5.74) is 0.0656. The summed E-state index contributed by atoms with van der Waals surface area (Å²) in [6.45, 7) is -0.492. The zero-order chi connectivity index (χ0) is 15.4. The molecule has 110 valence electrons. The van der Waals surface area contributed by atoms with Gasteiger partial charge in [-0.3, -0.25) is 4.79 Å². The van der Waals surface area contributed by atoms with Crippen LogP contribution < -0.4 is 9.47 Å². The molecule has 2 rings (SSSR count). The molecule has 0 amide bonds. The van der Waals surface area contributed by atoms with Gasteiger partial charge in [-0.1, -0.05) is 0 Å². The zero-order valence-corrected chi connectivity index (χ0v) is 11.0. The Labute approximate surface area is 118 Å². The fourth-order valence-corrected chi connectivity index (χ4v) is 1.66. The second kappa shape index (κ2) is 6.30. The van der Waals surface area contributed by atoms with Crippen LogP contribution in [0.5, 0.6) is 11.5 Å². The number of hydrogen-bond acceptors (Lipinski definition) is 3. The molecule has 0 aromatic heterocycles. The van der Waals surface area contributed by atoms with E-state index in [4.69, 9.17) is 9.47 Å². The molecule has 6 heteroatoms. The predicted molar refractivity (Wildman–Crippen MR) is 69.1 cm³/mol. The van der Waals surface area contributed by atoms with Gasteiger partial charge in [0.25, 0.3) is 0 Å². The summed E-state index contributed by atoms with van der Waals surface area (Å²) in [7, 11) is 1.31. The lowest BCUT2D eigenvalue weighted by molar-refractivity contribution is 0.0918. The average molecular weight is 296 g/mol. The minimum atomic E-state index is -0.913. The highest BCUT2D eigenvalue weighted by molar-refractivity contribution is 5.97. The van der Waals surface area contributed by atoms with Crippen LogP contribution in [0.1, 0.15) is 10.4 Å². The van der Waals surface area contributed by atoms with Crippen LogP contribution in [-0.4, -0.2) is 19.5 Å².